The molecule has 1 fully saturated rings. The second-order valence-electron chi connectivity index (χ2n) is 8.49. The van der Waals surface area contributed by atoms with Crippen LogP contribution in [0.2, 0.25) is 0 Å². The minimum absolute atomic E-state index is 0.0902. The number of thioether (sulfide) groups is 2. The quantitative estimate of drug-likeness (QED) is 0.354. The van der Waals surface area contributed by atoms with Gasteiger partial charge < -0.3 is 15.3 Å². The van der Waals surface area contributed by atoms with Gasteiger partial charge in [-0.25, -0.2) is 6.57 Å². The first-order chi connectivity index (χ1) is 15.5. The van der Waals surface area contributed by atoms with E-state index in [0.29, 0.717) is 21.5 Å². The van der Waals surface area contributed by atoms with Crippen molar-refractivity contribution in [2.24, 2.45) is 0 Å². The van der Waals surface area contributed by atoms with E-state index in [1.165, 1.54) is 23.5 Å². The highest BCUT2D eigenvalue weighted by Crippen LogP contribution is 2.40. The fourth-order valence-corrected chi connectivity index (χ4v) is 6.61. The van der Waals surface area contributed by atoms with Gasteiger partial charge >= 0.3 is 0 Å². The number of hydrogen-bond acceptors (Lipinski definition) is 7. The SMILES string of the molecule is [C-]#[N+]C(C)(CCC(=O)N1CCSC1=S)CC(C)(SC(=S)c1ccccc1)C(=O)NCC(C)O. The summed E-state index contributed by atoms with van der Waals surface area (Å²) in [4.78, 5) is 31.3. The minimum atomic E-state index is -1.07. The van der Waals surface area contributed by atoms with Crippen LogP contribution in [-0.2, 0) is 9.59 Å². The molecule has 0 saturated carbocycles. The molecule has 2 amide bonds. The zero-order valence-corrected chi connectivity index (χ0v) is 22.3. The predicted molar refractivity (Wildman–Crippen MR) is 144 cm³/mol. The third kappa shape index (κ3) is 8.04. The second-order valence-corrected chi connectivity index (χ2v) is 12.4. The van der Waals surface area contributed by atoms with Crippen LogP contribution < -0.4 is 5.32 Å². The van der Waals surface area contributed by atoms with Crippen LogP contribution in [0.3, 0.4) is 0 Å². The Kier molecular flexibility index (Phi) is 10.3. The van der Waals surface area contributed by atoms with Crippen LogP contribution in [0.25, 0.3) is 4.85 Å². The summed E-state index contributed by atoms with van der Waals surface area (Å²) in [5.74, 6) is 0.400. The van der Waals surface area contributed by atoms with Crippen LogP contribution in [0, 0.1) is 6.57 Å². The Morgan fingerprint density at radius 1 is 1.36 bits per heavy atom. The standard InChI is InChI=1S/C23H29N3O3S4/c1-16(27)14-25-20(29)23(3,33-19(30)17-8-6-5-7-9-17)15-22(2,24-4)11-10-18(28)26-12-13-32-21(26)31/h5-9,16,27H,10-15H2,1-3H3,(H,25,29). The summed E-state index contributed by atoms with van der Waals surface area (Å²) in [6.45, 7) is 13.7. The molecule has 1 aliphatic heterocycles. The fraction of sp³-hybridized carbons (Fsp3) is 0.522. The Labute approximate surface area is 215 Å². The predicted octanol–water partition coefficient (Wildman–Crippen LogP) is 4.06. The van der Waals surface area contributed by atoms with Crippen molar-refractivity contribution in [1.82, 2.24) is 10.2 Å². The first kappa shape index (κ1) is 27.7. The molecule has 0 aromatic heterocycles. The Morgan fingerprint density at radius 2 is 2.03 bits per heavy atom. The lowest BCUT2D eigenvalue weighted by Gasteiger charge is -2.32. The third-order valence-electron chi connectivity index (χ3n) is 5.29. The number of aliphatic hydroxyl groups excluding tert-OH is 1. The lowest BCUT2D eigenvalue weighted by Crippen LogP contribution is -2.48. The molecule has 1 aromatic carbocycles. The molecule has 0 spiro atoms. The summed E-state index contributed by atoms with van der Waals surface area (Å²) in [5, 5.41) is 12.4. The number of aliphatic hydroxyl groups is 1. The van der Waals surface area contributed by atoms with Crippen LogP contribution in [0.15, 0.2) is 30.3 Å². The van der Waals surface area contributed by atoms with E-state index in [-0.39, 0.29) is 31.2 Å². The second kappa shape index (κ2) is 12.3. The summed E-state index contributed by atoms with van der Waals surface area (Å²) in [6, 6.07) is 9.41. The molecule has 2 rings (SSSR count). The van der Waals surface area contributed by atoms with Gasteiger partial charge in [-0.15, -0.1) is 0 Å². The van der Waals surface area contributed by atoms with Gasteiger partial charge in [-0.05, 0) is 19.4 Å². The minimum Gasteiger partial charge on any atom is -0.392 e. The molecule has 2 N–H and O–H groups in total. The summed E-state index contributed by atoms with van der Waals surface area (Å²) in [6.07, 6.45) is -0.0222. The molecule has 1 aliphatic rings. The van der Waals surface area contributed by atoms with Gasteiger partial charge in [0.2, 0.25) is 17.4 Å². The van der Waals surface area contributed by atoms with Gasteiger partial charge in [0.1, 0.15) is 9.07 Å². The van der Waals surface area contributed by atoms with Gasteiger partial charge in [0.15, 0.2) is 0 Å². The van der Waals surface area contributed by atoms with Crippen molar-refractivity contribution in [2.75, 3.05) is 18.8 Å². The maximum atomic E-state index is 13.2. The molecule has 0 bridgehead atoms. The first-order valence-corrected chi connectivity index (χ1v) is 13.2. The van der Waals surface area contributed by atoms with Crippen molar-refractivity contribution in [3.8, 4) is 0 Å². The van der Waals surface area contributed by atoms with Gasteiger partial charge in [0, 0.05) is 45.0 Å². The van der Waals surface area contributed by atoms with Crippen molar-refractivity contribution in [3.05, 3.63) is 47.3 Å². The molecule has 0 radical (unpaired) electrons. The number of hydrogen-bond donors (Lipinski definition) is 2. The number of rotatable bonds is 10. The van der Waals surface area contributed by atoms with Crippen LogP contribution in [0.5, 0.6) is 0 Å². The Bertz CT molecular complexity index is 935. The van der Waals surface area contributed by atoms with Gasteiger partial charge in [0.25, 0.3) is 0 Å². The lowest BCUT2D eigenvalue weighted by molar-refractivity contribution is -0.127. The number of amides is 2. The van der Waals surface area contributed by atoms with E-state index in [2.05, 4.69) is 10.2 Å². The van der Waals surface area contributed by atoms with Gasteiger partial charge in [-0.3, -0.25) is 14.5 Å². The maximum Gasteiger partial charge on any atom is 0.236 e. The van der Waals surface area contributed by atoms with Crippen LogP contribution >= 0.6 is 48.0 Å². The van der Waals surface area contributed by atoms with Crippen molar-refractivity contribution in [3.63, 3.8) is 0 Å². The van der Waals surface area contributed by atoms with E-state index in [1.54, 1.807) is 25.7 Å². The Morgan fingerprint density at radius 3 is 2.58 bits per heavy atom. The molecule has 3 atom stereocenters. The number of carbonyl (C=O) groups is 2. The highest BCUT2D eigenvalue weighted by molar-refractivity contribution is 8.25. The van der Waals surface area contributed by atoms with E-state index < -0.39 is 16.4 Å². The summed E-state index contributed by atoms with van der Waals surface area (Å²) in [5.41, 5.74) is -0.132. The smallest absolute Gasteiger partial charge is 0.236 e. The Balaban J connectivity index is 2.19. The molecule has 6 nitrogen and oxygen atoms in total. The van der Waals surface area contributed by atoms with E-state index >= 15 is 0 Å². The molecule has 1 heterocycles. The normalized spacial score (nSPS) is 18.0. The average Bonchev–Trinajstić information content (AvgIpc) is 3.22. The van der Waals surface area contributed by atoms with Crippen molar-refractivity contribution in [2.45, 2.75) is 56.4 Å². The highest BCUT2D eigenvalue weighted by Gasteiger charge is 2.46. The molecular weight excluding hydrogens is 495 g/mol. The number of carbonyl (C=O) groups excluding carboxylic acids is 2. The topological polar surface area (TPSA) is 74.0 Å². The number of nitrogens with one attached hydrogen (secondary N) is 1. The number of nitrogens with zero attached hydrogens (tertiary/aromatic N) is 2. The monoisotopic (exact) mass is 523 g/mol. The molecule has 1 aromatic rings. The zero-order chi connectivity index (χ0) is 24.6. The fourth-order valence-electron chi connectivity index (χ4n) is 3.47. The van der Waals surface area contributed by atoms with E-state index in [0.717, 1.165) is 11.3 Å². The highest BCUT2D eigenvalue weighted by atomic mass is 32.2. The zero-order valence-electron chi connectivity index (χ0n) is 19.0. The maximum absolute atomic E-state index is 13.2. The lowest BCUT2D eigenvalue weighted by atomic mass is 9.85. The van der Waals surface area contributed by atoms with Gasteiger partial charge in [-0.2, -0.15) is 0 Å². The number of thiocarbonyl (C=S) groups is 2. The van der Waals surface area contributed by atoms with Crippen molar-refractivity contribution < 1.29 is 14.7 Å². The molecule has 10 heteroatoms. The molecule has 33 heavy (non-hydrogen) atoms. The van der Waals surface area contributed by atoms with Crippen LogP contribution in [-0.4, -0.2) is 65.6 Å². The molecule has 1 saturated heterocycles. The number of benzene rings is 1. The van der Waals surface area contributed by atoms with Gasteiger partial charge in [0.05, 0.1) is 10.3 Å². The van der Waals surface area contributed by atoms with Crippen molar-refractivity contribution in [1.29, 1.82) is 0 Å². The third-order valence-corrected chi connectivity index (χ3v) is 8.41. The van der Waals surface area contributed by atoms with E-state index in [9.17, 15) is 14.7 Å². The van der Waals surface area contributed by atoms with E-state index in [4.69, 9.17) is 31.0 Å². The first-order valence-electron chi connectivity index (χ1n) is 10.6. The largest absolute Gasteiger partial charge is 0.392 e. The van der Waals surface area contributed by atoms with Crippen molar-refractivity contribution >= 4 is 68.3 Å². The summed E-state index contributed by atoms with van der Waals surface area (Å²) < 4.78 is 0.0620. The van der Waals surface area contributed by atoms with Crippen LogP contribution in [0.4, 0.5) is 0 Å². The molecule has 3 unspecified atom stereocenters. The Hall–Kier alpha value is -1.51. The molecule has 0 aliphatic carbocycles. The molecule has 178 valence electrons. The van der Waals surface area contributed by atoms with Crippen LogP contribution in [0.1, 0.15) is 45.6 Å². The summed E-state index contributed by atoms with van der Waals surface area (Å²) >= 11 is 13.6. The molecular formula is C23H29N3O3S4. The average molecular weight is 524 g/mol. The van der Waals surface area contributed by atoms with E-state index in [1.807, 2.05) is 30.3 Å². The van der Waals surface area contributed by atoms with Gasteiger partial charge in [-0.1, -0.05) is 78.3 Å². The summed E-state index contributed by atoms with van der Waals surface area (Å²) in [7, 11) is 0.